The van der Waals surface area contributed by atoms with Crippen molar-refractivity contribution in [3.8, 4) is 11.5 Å². The van der Waals surface area contributed by atoms with Gasteiger partial charge in [0.25, 0.3) is 9.05 Å². The van der Waals surface area contributed by atoms with Gasteiger partial charge in [-0.3, -0.25) is 4.98 Å². The number of alkyl halides is 3. The van der Waals surface area contributed by atoms with Gasteiger partial charge >= 0.3 is 6.36 Å². The minimum absolute atomic E-state index is 0.0843. The lowest BCUT2D eigenvalue weighted by molar-refractivity contribution is -0.274. The van der Waals surface area contributed by atoms with E-state index in [1.165, 1.54) is 0 Å². The van der Waals surface area contributed by atoms with Crippen molar-refractivity contribution < 1.29 is 31.4 Å². The monoisotopic (exact) mass is 327 g/mol. The molecule has 0 radical (unpaired) electrons. The number of hydrogen-bond donors (Lipinski definition) is 1. The third kappa shape index (κ3) is 3.05. The standard InChI is InChI=1S/C10H5ClF3NO4S/c11-20(17,18)8-4-15-7-2-1-5(19-10(12,13)14)3-6(7)9(8)16/h1-4H,(H,15,16). The van der Waals surface area contributed by atoms with E-state index in [1.807, 2.05) is 0 Å². The Kier molecular flexibility index (Phi) is 3.42. The number of fused-ring (bicyclic) bond motifs is 1. The highest BCUT2D eigenvalue weighted by atomic mass is 35.7. The highest BCUT2D eigenvalue weighted by molar-refractivity contribution is 8.13. The summed E-state index contributed by atoms with van der Waals surface area (Å²) in [6, 6.07) is 2.94. The Morgan fingerprint density at radius 2 is 1.95 bits per heavy atom. The molecule has 0 unspecified atom stereocenters. The molecular formula is C10H5ClF3NO4S. The molecular weight excluding hydrogens is 323 g/mol. The smallest absolute Gasteiger partial charge is 0.506 e. The molecule has 2 aromatic rings. The molecule has 0 spiro atoms. The van der Waals surface area contributed by atoms with E-state index in [4.69, 9.17) is 10.7 Å². The van der Waals surface area contributed by atoms with Crippen LogP contribution in [0.2, 0.25) is 0 Å². The summed E-state index contributed by atoms with van der Waals surface area (Å²) in [6.45, 7) is 0. The summed E-state index contributed by atoms with van der Waals surface area (Å²) in [5.41, 5.74) is 0.0843. The summed E-state index contributed by atoms with van der Waals surface area (Å²) in [7, 11) is 0.795. The van der Waals surface area contributed by atoms with Crippen molar-refractivity contribution in [1.29, 1.82) is 0 Å². The lowest BCUT2D eigenvalue weighted by Crippen LogP contribution is -2.17. The number of ether oxygens (including phenoxy) is 1. The first-order valence-corrected chi connectivity index (χ1v) is 7.21. The minimum Gasteiger partial charge on any atom is -0.506 e. The molecule has 1 aromatic heterocycles. The average Bonchev–Trinajstić information content (AvgIpc) is 2.26. The number of aromatic hydroxyl groups is 1. The first-order chi connectivity index (χ1) is 9.08. The molecule has 0 aliphatic carbocycles. The van der Waals surface area contributed by atoms with Crippen molar-refractivity contribution in [3.63, 3.8) is 0 Å². The Bertz CT molecular complexity index is 776. The first-order valence-electron chi connectivity index (χ1n) is 4.90. The first kappa shape index (κ1) is 14.7. The van der Waals surface area contributed by atoms with Crippen molar-refractivity contribution in [1.82, 2.24) is 4.98 Å². The van der Waals surface area contributed by atoms with E-state index in [0.29, 0.717) is 0 Å². The van der Waals surface area contributed by atoms with Crippen LogP contribution in [-0.4, -0.2) is 24.9 Å². The molecule has 20 heavy (non-hydrogen) atoms. The fraction of sp³-hybridized carbons (Fsp3) is 0.100. The second kappa shape index (κ2) is 4.67. The molecule has 108 valence electrons. The summed E-state index contributed by atoms with van der Waals surface area (Å²) in [4.78, 5) is 2.99. The number of halogens is 4. The molecule has 0 fully saturated rings. The van der Waals surface area contributed by atoms with Gasteiger partial charge in [-0.15, -0.1) is 13.2 Å². The predicted octanol–water partition coefficient (Wildman–Crippen LogP) is 2.77. The second-order valence-corrected chi connectivity index (χ2v) is 6.17. The fourth-order valence-corrected chi connectivity index (χ4v) is 2.37. The third-order valence-corrected chi connectivity index (χ3v) is 3.60. The van der Waals surface area contributed by atoms with Crippen LogP contribution in [0.1, 0.15) is 0 Å². The van der Waals surface area contributed by atoms with Gasteiger partial charge in [-0.05, 0) is 18.2 Å². The van der Waals surface area contributed by atoms with E-state index in [2.05, 4.69) is 9.72 Å². The topological polar surface area (TPSA) is 76.5 Å². The number of hydrogen-bond acceptors (Lipinski definition) is 5. The van der Waals surface area contributed by atoms with Crippen molar-refractivity contribution in [3.05, 3.63) is 24.4 Å². The Morgan fingerprint density at radius 3 is 2.50 bits per heavy atom. The number of aromatic nitrogens is 1. The van der Waals surface area contributed by atoms with Gasteiger partial charge in [-0.25, -0.2) is 8.42 Å². The maximum Gasteiger partial charge on any atom is 0.573 e. The molecule has 0 atom stereocenters. The Hall–Kier alpha value is -1.74. The van der Waals surface area contributed by atoms with E-state index in [-0.39, 0.29) is 10.9 Å². The zero-order valence-corrected chi connectivity index (χ0v) is 10.9. The third-order valence-electron chi connectivity index (χ3n) is 2.27. The maximum atomic E-state index is 12.1. The van der Waals surface area contributed by atoms with Gasteiger partial charge in [0, 0.05) is 16.1 Å². The molecule has 0 amide bonds. The second-order valence-electron chi connectivity index (χ2n) is 3.64. The van der Waals surface area contributed by atoms with Crippen LogP contribution in [-0.2, 0) is 9.05 Å². The molecule has 5 nitrogen and oxygen atoms in total. The Labute approximate surface area is 115 Å². The van der Waals surface area contributed by atoms with Crippen LogP contribution in [0.3, 0.4) is 0 Å². The molecule has 0 aliphatic rings. The molecule has 0 bridgehead atoms. The fourth-order valence-electron chi connectivity index (χ4n) is 1.51. The quantitative estimate of drug-likeness (QED) is 0.858. The van der Waals surface area contributed by atoms with Crippen LogP contribution in [0.25, 0.3) is 10.9 Å². The van der Waals surface area contributed by atoms with E-state index in [9.17, 15) is 26.7 Å². The molecule has 1 heterocycles. The average molecular weight is 328 g/mol. The molecule has 0 aliphatic heterocycles. The van der Waals surface area contributed by atoms with Crippen LogP contribution < -0.4 is 4.74 Å². The van der Waals surface area contributed by atoms with Crippen LogP contribution in [0, 0.1) is 0 Å². The van der Waals surface area contributed by atoms with Crippen molar-refractivity contribution in [2.75, 3.05) is 0 Å². The zero-order valence-electron chi connectivity index (χ0n) is 9.35. The predicted molar refractivity (Wildman–Crippen MR) is 63.1 cm³/mol. The highest BCUT2D eigenvalue weighted by Crippen LogP contribution is 2.35. The molecule has 1 aromatic carbocycles. The summed E-state index contributed by atoms with van der Waals surface area (Å²) < 4.78 is 62.3. The number of benzene rings is 1. The normalized spacial score (nSPS) is 12.6. The van der Waals surface area contributed by atoms with E-state index >= 15 is 0 Å². The number of pyridine rings is 1. The van der Waals surface area contributed by atoms with Gasteiger partial charge in [0.05, 0.1) is 11.7 Å². The van der Waals surface area contributed by atoms with Crippen molar-refractivity contribution in [2.45, 2.75) is 11.3 Å². The van der Waals surface area contributed by atoms with E-state index < -0.39 is 31.8 Å². The van der Waals surface area contributed by atoms with Gasteiger partial charge in [-0.1, -0.05) is 0 Å². The summed E-state index contributed by atoms with van der Waals surface area (Å²) in [5.74, 6) is -1.41. The molecule has 1 N–H and O–H groups in total. The van der Waals surface area contributed by atoms with Crippen LogP contribution in [0.5, 0.6) is 11.5 Å². The molecule has 0 saturated carbocycles. The van der Waals surface area contributed by atoms with Crippen LogP contribution in [0.4, 0.5) is 13.2 Å². The lowest BCUT2D eigenvalue weighted by atomic mass is 10.2. The van der Waals surface area contributed by atoms with Gasteiger partial charge in [0.1, 0.15) is 16.4 Å². The van der Waals surface area contributed by atoms with Gasteiger partial charge in [0.15, 0.2) is 0 Å². The van der Waals surface area contributed by atoms with Crippen molar-refractivity contribution in [2.24, 2.45) is 0 Å². The van der Waals surface area contributed by atoms with Gasteiger partial charge in [0.2, 0.25) is 0 Å². The molecule has 2 rings (SSSR count). The molecule has 10 heteroatoms. The summed E-state index contributed by atoms with van der Waals surface area (Å²) in [6.07, 6.45) is -4.10. The van der Waals surface area contributed by atoms with E-state index in [0.717, 1.165) is 24.4 Å². The Balaban J connectivity index is 2.64. The molecule has 0 saturated heterocycles. The maximum absolute atomic E-state index is 12.1. The van der Waals surface area contributed by atoms with Gasteiger partial charge in [-0.2, -0.15) is 0 Å². The number of rotatable bonds is 2. The highest BCUT2D eigenvalue weighted by Gasteiger charge is 2.31. The van der Waals surface area contributed by atoms with Crippen LogP contribution in [0.15, 0.2) is 29.3 Å². The summed E-state index contributed by atoms with van der Waals surface area (Å²) in [5, 5.41) is 9.54. The Morgan fingerprint density at radius 1 is 1.30 bits per heavy atom. The number of nitrogens with zero attached hydrogens (tertiary/aromatic N) is 1. The largest absolute Gasteiger partial charge is 0.573 e. The van der Waals surface area contributed by atoms with Crippen molar-refractivity contribution >= 4 is 30.6 Å². The van der Waals surface area contributed by atoms with Crippen LogP contribution >= 0.6 is 10.7 Å². The lowest BCUT2D eigenvalue weighted by Gasteiger charge is -2.10. The van der Waals surface area contributed by atoms with Gasteiger partial charge < -0.3 is 9.84 Å². The SMILES string of the molecule is O=S(=O)(Cl)c1cnc2ccc(OC(F)(F)F)cc2c1O. The minimum atomic E-state index is -4.91. The zero-order chi connectivity index (χ0) is 15.1. The summed E-state index contributed by atoms with van der Waals surface area (Å²) >= 11 is 0. The van der Waals surface area contributed by atoms with E-state index in [1.54, 1.807) is 0 Å².